The Hall–Kier alpha value is -3.07. The number of amides is 2. The number of hydrogen-bond donors (Lipinski definition) is 1. The van der Waals surface area contributed by atoms with Crippen LogP contribution in [-0.2, 0) is 14.8 Å². The maximum atomic E-state index is 13.6. The van der Waals surface area contributed by atoms with Crippen LogP contribution in [0.4, 0.5) is 11.4 Å². The highest BCUT2D eigenvalue weighted by atomic mass is 35.5. The molecule has 194 valence electrons. The summed E-state index contributed by atoms with van der Waals surface area (Å²) in [6.07, 6.45) is 2.96. The second kappa shape index (κ2) is 11.5. The average Bonchev–Trinajstić information content (AvgIpc) is 2.87. The molecule has 0 radical (unpaired) electrons. The van der Waals surface area contributed by atoms with Gasteiger partial charge >= 0.3 is 0 Å². The van der Waals surface area contributed by atoms with Crippen molar-refractivity contribution in [3.8, 4) is 0 Å². The van der Waals surface area contributed by atoms with Crippen molar-refractivity contribution in [3.05, 3.63) is 87.9 Å². The Balaban J connectivity index is 1.64. The van der Waals surface area contributed by atoms with Gasteiger partial charge in [-0.25, -0.2) is 8.42 Å². The van der Waals surface area contributed by atoms with Gasteiger partial charge in [0, 0.05) is 23.1 Å². The van der Waals surface area contributed by atoms with Gasteiger partial charge in [-0.1, -0.05) is 53.0 Å². The van der Waals surface area contributed by atoms with Gasteiger partial charge in [-0.05, 0) is 68.7 Å². The lowest BCUT2D eigenvalue weighted by molar-refractivity contribution is -0.114. The highest BCUT2D eigenvalue weighted by molar-refractivity contribution is 7.92. The fraction of sp³-hybridized carbons (Fsp3) is 0.259. The summed E-state index contributed by atoms with van der Waals surface area (Å²) in [5.41, 5.74) is 1.71. The third-order valence-electron chi connectivity index (χ3n) is 6.11. The van der Waals surface area contributed by atoms with E-state index in [0.717, 1.165) is 29.1 Å². The summed E-state index contributed by atoms with van der Waals surface area (Å²) < 4.78 is 28.2. The predicted octanol–water partition coefficient (Wildman–Crippen LogP) is 5.76. The first-order chi connectivity index (χ1) is 17.6. The first-order valence-electron chi connectivity index (χ1n) is 11.9. The summed E-state index contributed by atoms with van der Waals surface area (Å²) in [4.78, 5) is 28.2. The largest absolute Gasteiger partial charge is 0.339 e. The number of carbonyl (C=O) groups excluding carboxylic acids is 2. The number of benzene rings is 3. The Morgan fingerprint density at radius 3 is 2.19 bits per heavy atom. The van der Waals surface area contributed by atoms with Crippen molar-refractivity contribution >= 4 is 56.4 Å². The molecule has 0 bridgehead atoms. The molecule has 1 saturated heterocycles. The summed E-state index contributed by atoms with van der Waals surface area (Å²) >= 11 is 12.3. The van der Waals surface area contributed by atoms with Gasteiger partial charge < -0.3 is 10.2 Å². The van der Waals surface area contributed by atoms with Crippen LogP contribution in [0.25, 0.3) is 0 Å². The number of hydrogen-bond acceptors (Lipinski definition) is 4. The van der Waals surface area contributed by atoms with Crippen LogP contribution >= 0.6 is 23.2 Å². The lowest BCUT2D eigenvalue weighted by Gasteiger charge is -2.28. The number of anilines is 2. The highest BCUT2D eigenvalue weighted by Gasteiger charge is 2.29. The number of likely N-dealkylation sites (tertiary alicyclic amines) is 1. The van der Waals surface area contributed by atoms with E-state index in [1.54, 1.807) is 41.3 Å². The Kier molecular flexibility index (Phi) is 8.42. The van der Waals surface area contributed by atoms with E-state index < -0.39 is 22.5 Å². The zero-order valence-electron chi connectivity index (χ0n) is 20.3. The van der Waals surface area contributed by atoms with E-state index in [1.165, 1.54) is 30.3 Å². The monoisotopic (exact) mass is 559 g/mol. The molecule has 4 rings (SSSR count). The Morgan fingerprint density at radius 2 is 1.54 bits per heavy atom. The number of sulfonamides is 1. The van der Waals surface area contributed by atoms with Gasteiger partial charge in [0.2, 0.25) is 5.91 Å². The maximum absolute atomic E-state index is 13.6. The van der Waals surface area contributed by atoms with Gasteiger partial charge in [0.1, 0.15) is 6.54 Å². The lowest BCUT2D eigenvalue weighted by Crippen LogP contribution is -2.39. The van der Waals surface area contributed by atoms with Crippen LogP contribution in [0.1, 0.15) is 35.2 Å². The molecule has 1 heterocycles. The molecule has 0 unspecified atom stereocenters. The number of carbonyl (C=O) groups is 2. The van der Waals surface area contributed by atoms with Gasteiger partial charge in [0.15, 0.2) is 0 Å². The van der Waals surface area contributed by atoms with E-state index in [4.69, 9.17) is 23.2 Å². The normalized spacial score (nSPS) is 13.8. The lowest BCUT2D eigenvalue weighted by atomic mass is 10.1. The van der Waals surface area contributed by atoms with Crippen molar-refractivity contribution in [2.75, 3.05) is 29.3 Å². The number of halogens is 2. The Labute approximate surface area is 227 Å². The zero-order chi connectivity index (χ0) is 26.6. The van der Waals surface area contributed by atoms with Gasteiger partial charge in [-0.2, -0.15) is 0 Å². The first kappa shape index (κ1) is 27.0. The van der Waals surface area contributed by atoms with Crippen molar-refractivity contribution in [2.45, 2.75) is 31.1 Å². The highest BCUT2D eigenvalue weighted by Crippen LogP contribution is 2.30. The first-order valence-corrected chi connectivity index (χ1v) is 14.1. The second-order valence-electron chi connectivity index (χ2n) is 8.90. The van der Waals surface area contributed by atoms with Crippen LogP contribution in [0.3, 0.4) is 0 Å². The van der Waals surface area contributed by atoms with Gasteiger partial charge in [-0.15, -0.1) is 0 Å². The van der Waals surface area contributed by atoms with E-state index in [9.17, 15) is 18.0 Å². The fourth-order valence-corrected chi connectivity index (χ4v) is 6.12. The topological polar surface area (TPSA) is 86.8 Å². The molecule has 10 heteroatoms. The van der Waals surface area contributed by atoms with E-state index in [0.29, 0.717) is 24.3 Å². The zero-order valence-corrected chi connectivity index (χ0v) is 22.6. The smallest absolute Gasteiger partial charge is 0.264 e. The molecule has 0 aliphatic carbocycles. The molecule has 1 N–H and O–H groups in total. The van der Waals surface area contributed by atoms with E-state index in [2.05, 4.69) is 5.32 Å². The van der Waals surface area contributed by atoms with Crippen LogP contribution in [0.2, 0.25) is 10.0 Å². The molecule has 1 fully saturated rings. The van der Waals surface area contributed by atoms with Crippen molar-refractivity contribution in [1.82, 2.24) is 4.90 Å². The number of nitrogens with zero attached hydrogens (tertiary/aromatic N) is 2. The third-order valence-corrected chi connectivity index (χ3v) is 8.33. The van der Waals surface area contributed by atoms with Crippen LogP contribution < -0.4 is 9.62 Å². The van der Waals surface area contributed by atoms with E-state index in [-0.39, 0.29) is 26.5 Å². The summed E-state index contributed by atoms with van der Waals surface area (Å²) in [6.45, 7) is 2.62. The minimum atomic E-state index is -4.16. The van der Waals surface area contributed by atoms with Crippen molar-refractivity contribution in [1.29, 1.82) is 0 Å². The summed E-state index contributed by atoms with van der Waals surface area (Å²) in [5.74, 6) is -0.785. The molecule has 1 aliphatic rings. The number of para-hydroxylation sites is 1. The van der Waals surface area contributed by atoms with Crippen LogP contribution in [0.15, 0.2) is 71.6 Å². The van der Waals surface area contributed by atoms with E-state index >= 15 is 0 Å². The summed E-state index contributed by atoms with van der Waals surface area (Å²) in [5, 5.41) is 3.19. The quantitative estimate of drug-likeness (QED) is 0.398. The minimum Gasteiger partial charge on any atom is -0.339 e. The van der Waals surface area contributed by atoms with Crippen molar-refractivity contribution < 1.29 is 18.0 Å². The SMILES string of the molecule is Cc1ccc(S(=O)(=O)N(CC(=O)Nc2ccccc2C(=O)N2CCCCC2)c2cc(Cl)cc(Cl)c2)cc1. The number of aryl methyl sites for hydroxylation is 1. The number of rotatable bonds is 7. The van der Waals surface area contributed by atoms with Gasteiger partial charge in [-0.3, -0.25) is 13.9 Å². The molecule has 0 aromatic heterocycles. The van der Waals surface area contributed by atoms with Gasteiger partial charge in [0.05, 0.1) is 21.8 Å². The molecule has 0 saturated carbocycles. The molecular weight excluding hydrogens is 533 g/mol. The molecule has 0 spiro atoms. The number of nitrogens with one attached hydrogen (secondary N) is 1. The molecule has 7 nitrogen and oxygen atoms in total. The molecule has 3 aromatic carbocycles. The van der Waals surface area contributed by atoms with Crippen molar-refractivity contribution in [2.24, 2.45) is 0 Å². The predicted molar refractivity (Wildman–Crippen MR) is 147 cm³/mol. The Morgan fingerprint density at radius 1 is 0.919 bits per heavy atom. The fourth-order valence-electron chi connectivity index (χ4n) is 4.20. The van der Waals surface area contributed by atoms with Crippen LogP contribution in [0.5, 0.6) is 0 Å². The number of piperidine rings is 1. The standard InChI is InChI=1S/C27H27Cl2N3O4S/c1-19-9-11-23(12-10-19)37(35,36)32(22-16-20(28)15-21(29)17-22)18-26(33)30-25-8-4-3-7-24(25)27(34)31-13-5-2-6-14-31/h3-4,7-12,15-17H,2,5-6,13-14,18H2,1H3,(H,30,33). The van der Waals surface area contributed by atoms with Crippen molar-refractivity contribution in [3.63, 3.8) is 0 Å². The molecule has 0 atom stereocenters. The molecule has 2 amide bonds. The minimum absolute atomic E-state index is 0.0164. The molecule has 3 aromatic rings. The summed E-state index contributed by atoms with van der Waals surface area (Å²) in [7, 11) is -4.16. The van der Waals surface area contributed by atoms with E-state index in [1.807, 2.05) is 6.92 Å². The second-order valence-corrected chi connectivity index (χ2v) is 11.6. The maximum Gasteiger partial charge on any atom is 0.264 e. The molecule has 1 aliphatic heterocycles. The average molecular weight is 561 g/mol. The van der Waals surface area contributed by atoms with Gasteiger partial charge in [0.25, 0.3) is 15.9 Å². The van der Waals surface area contributed by atoms with Crippen LogP contribution in [-0.4, -0.2) is 44.8 Å². The molecule has 37 heavy (non-hydrogen) atoms. The third kappa shape index (κ3) is 6.44. The van der Waals surface area contributed by atoms with Crippen LogP contribution in [0, 0.1) is 6.92 Å². The Bertz CT molecular complexity index is 1390. The molecular formula is C27H27Cl2N3O4S. The summed E-state index contributed by atoms with van der Waals surface area (Å²) in [6, 6.07) is 17.4.